The van der Waals surface area contributed by atoms with Crippen LogP contribution in [-0.4, -0.2) is 34.2 Å². The van der Waals surface area contributed by atoms with Crippen molar-refractivity contribution in [2.24, 2.45) is 0 Å². The van der Waals surface area contributed by atoms with Crippen molar-refractivity contribution in [1.29, 1.82) is 0 Å². The first-order valence-corrected chi connectivity index (χ1v) is 4.56. The molecule has 0 aromatic heterocycles. The molecule has 0 unspecified atom stereocenters. The summed E-state index contributed by atoms with van der Waals surface area (Å²) >= 11 is 0.678. The quantitative estimate of drug-likeness (QED) is 0.448. The van der Waals surface area contributed by atoms with E-state index in [1.54, 1.807) is 0 Å². The highest BCUT2D eigenvalue weighted by Gasteiger charge is 3.00. The molecule has 0 aromatic rings. The fraction of sp³-hybridized carbons (Fsp3) is 1.00. The van der Waals surface area contributed by atoms with Gasteiger partial charge in [0.1, 0.15) is 0 Å². The average Bonchev–Trinajstić information content (AvgIpc) is 2.14. The van der Waals surface area contributed by atoms with Crippen LogP contribution in [0.25, 0.3) is 0 Å². The van der Waals surface area contributed by atoms with E-state index < -0.39 is 34.2 Å². The van der Waals surface area contributed by atoms with Crippen molar-refractivity contribution in [3.8, 4) is 0 Å². The first-order chi connectivity index (χ1) is 7.50. The zero-order valence-corrected chi connectivity index (χ0v) is 9.12. The zero-order valence-electron chi connectivity index (χ0n) is 7.54. The summed E-state index contributed by atoms with van der Waals surface area (Å²) in [5.41, 5.74) is 0. The van der Waals surface area contributed by atoms with E-state index in [-0.39, 0.29) is 0 Å². The molecule has 108 valence electrons. The molecule has 0 aromatic carbocycles. The second-order valence-corrected chi connectivity index (χ2v) is 4.54. The van der Waals surface area contributed by atoms with Gasteiger partial charge >= 0.3 is 34.2 Å². The molecule has 0 amide bonds. The first-order valence-electron chi connectivity index (χ1n) is 3.77. The van der Waals surface area contributed by atoms with E-state index in [1.165, 1.54) is 0 Å². The van der Waals surface area contributed by atoms with Crippen molar-refractivity contribution in [2.45, 2.75) is 34.2 Å². The van der Waals surface area contributed by atoms with E-state index in [9.17, 15) is 48.3 Å². The van der Waals surface area contributed by atoms with Crippen LogP contribution in [0.3, 0.4) is 0 Å². The van der Waals surface area contributed by atoms with Gasteiger partial charge in [-0.25, -0.2) is 4.39 Å². The summed E-state index contributed by atoms with van der Waals surface area (Å²) < 4.78 is 132. The van der Waals surface area contributed by atoms with Crippen molar-refractivity contribution in [1.82, 2.24) is 0 Å². The predicted molar refractivity (Wildman–Crippen MR) is 37.5 cm³/mol. The SMILES string of the molecule is FC1(F)C(F)(F)C(F)(F)C(F)(Br)C(F)(F)C1(F)F. The largest absolute Gasteiger partial charge is 0.384 e. The molecule has 0 bridgehead atoms. The summed E-state index contributed by atoms with van der Waals surface area (Å²) in [6.07, 6.45) is 0. The number of hydrogen-bond donors (Lipinski definition) is 0. The van der Waals surface area contributed by atoms with Gasteiger partial charge in [-0.2, -0.15) is 43.9 Å². The third-order valence-corrected chi connectivity index (χ3v) is 3.36. The highest BCUT2D eigenvalue weighted by Crippen LogP contribution is 2.70. The Labute approximate surface area is 99.2 Å². The molecule has 1 rings (SSSR count). The molecule has 0 aliphatic heterocycles. The highest BCUT2D eigenvalue weighted by molar-refractivity contribution is 9.10. The Balaban J connectivity index is 3.72. The standard InChI is InChI=1S/C6BrF11/c7-1(8)2(9,10)4(13,14)6(17,18)5(15,16)3(1,11)12. The van der Waals surface area contributed by atoms with Gasteiger partial charge in [0.25, 0.3) is 0 Å². The van der Waals surface area contributed by atoms with E-state index >= 15 is 0 Å². The van der Waals surface area contributed by atoms with Gasteiger partial charge in [0.05, 0.1) is 0 Å². The smallest absolute Gasteiger partial charge is 0.217 e. The van der Waals surface area contributed by atoms with E-state index in [0.29, 0.717) is 15.9 Å². The van der Waals surface area contributed by atoms with Crippen molar-refractivity contribution in [3.63, 3.8) is 0 Å². The van der Waals surface area contributed by atoms with Gasteiger partial charge in [0, 0.05) is 0 Å². The van der Waals surface area contributed by atoms with Gasteiger partial charge in [-0.05, 0) is 15.9 Å². The van der Waals surface area contributed by atoms with E-state index in [1.807, 2.05) is 0 Å². The van der Waals surface area contributed by atoms with Crippen molar-refractivity contribution in [2.75, 3.05) is 0 Å². The van der Waals surface area contributed by atoms with Crippen LogP contribution in [0.1, 0.15) is 0 Å². The molecule has 0 N–H and O–H groups in total. The first kappa shape index (κ1) is 15.8. The molecule has 0 nitrogen and oxygen atoms in total. The molecular weight excluding hydrogens is 361 g/mol. The summed E-state index contributed by atoms with van der Waals surface area (Å²) in [5.74, 6) is -34.7. The van der Waals surface area contributed by atoms with E-state index in [2.05, 4.69) is 0 Å². The second-order valence-electron chi connectivity index (χ2n) is 3.45. The number of alkyl halides is 12. The Kier molecular flexibility index (Phi) is 2.83. The molecule has 0 radical (unpaired) electrons. The minimum Gasteiger partial charge on any atom is -0.217 e. The van der Waals surface area contributed by atoms with Crippen LogP contribution >= 0.6 is 15.9 Å². The fourth-order valence-corrected chi connectivity index (χ4v) is 1.68. The molecule has 18 heavy (non-hydrogen) atoms. The lowest BCUT2D eigenvalue weighted by Gasteiger charge is -2.50. The van der Waals surface area contributed by atoms with Gasteiger partial charge in [0.15, 0.2) is 0 Å². The normalized spacial score (nSPS) is 34.0. The molecule has 0 saturated heterocycles. The van der Waals surface area contributed by atoms with Crippen LogP contribution in [0.4, 0.5) is 48.3 Å². The molecule has 1 aliphatic carbocycles. The highest BCUT2D eigenvalue weighted by atomic mass is 79.9. The summed E-state index contributed by atoms with van der Waals surface area (Å²) in [6, 6.07) is 0. The number of halogens is 12. The summed E-state index contributed by atoms with van der Waals surface area (Å²) in [4.78, 5) is 0. The summed E-state index contributed by atoms with van der Waals surface area (Å²) in [5, 5.41) is 0. The Hall–Kier alpha value is -0.290. The maximum absolute atomic E-state index is 12.9. The van der Waals surface area contributed by atoms with Crippen molar-refractivity contribution < 1.29 is 48.3 Å². The van der Waals surface area contributed by atoms with Crippen LogP contribution in [0.2, 0.25) is 0 Å². The van der Waals surface area contributed by atoms with Gasteiger partial charge in [-0.3, -0.25) is 0 Å². The summed E-state index contributed by atoms with van der Waals surface area (Å²) in [7, 11) is 0. The van der Waals surface area contributed by atoms with E-state index in [4.69, 9.17) is 0 Å². The maximum atomic E-state index is 12.9. The van der Waals surface area contributed by atoms with Crippen LogP contribution in [0.5, 0.6) is 0 Å². The molecule has 1 saturated carbocycles. The fourth-order valence-electron chi connectivity index (χ4n) is 1.18. The lowest BCUT2D eigenvalue weighted by molar-refractivity contribution is -0.467. The van der Waals surface area contributed by atoms with Gasteiger partial charge in [0.2, 0.25) is 0 Å². The third kappa shape index (κ3) is 1.18. The maximum Gasteiger partial charge on any atom is 0.384 e. The summed E-state index contributed by atoms with van der Waals surface area (Å²) in [6.45, 7) is 0. The molecule has 0 heterocycles. The second kappa shape index (κ2) is 3.23. The van der Waals surface area contributed by atoms with Crippen LogP contribution in [-0.2, 0) is 0 Å². The monoisotopic (exact) mass is 360 g/mol. The Morgan fingerprint density at radius 2 is 0.556 bits per heavy atom. The van der Waals surface area contributed by atoms with Gasteiger partial charge in [-0.1, -0.05) is 0 Å². The minimum atomic E-state index is -7.14. The molecule has 1 fully saturated rings. The van der Waals surface area contributed by atoms with Crippen molar-refractivity contribution >= 4 is 15.9 Å². The Morgan fingerprint density at radius 1 is 0.389 bits per heavy atom. The predicted octanol–water partition coefficient (Wildman–Crippen LogP) is 4.24. The topological polar surface area (TPSA) is 0 Å². The van der Waals surface area contributed by atoms with Gasteiger partial charge < -0.3 is 0 Å². The van der Waals surface area contributed by atoms with E-state index in [0.717, 1.165) is 0 Å². The van der Waals surface area contributed by atoms with Crippen LogP contribution in [0.15, 0.2) is 0 Å². The van der Waals surface area contributed by atoms with Crippen LogP contribution < -0.4 is 0 Å². The lowest BCUT2D eigenvalue weighted by Crippen LogP contribution is -2.82. The minimum absolute atomic E-state index is 0.678. The Morgan fingerprint density at radius 3 is 0.778 bits per heavy atom. The van der Waals surface area contributed by atoms with Crippen LogP contribution in [0, 0.1) is 0 Å². The molecule has 0 spiro atoms. The molecule has 1 aliphatic rings. The third-order valence-electron chi connectivity index (χ3n) is 2.37. The zero-order chi connectivity index (χ0) is 15.0. The lowest BCUT2D eigenvalue weighted by atomic mass is 9.81. The van der Waals surface area contributed by atoms with Crippen molar-refractivity contribution in [3.05, 3.63) is 0 Å². The van der Waals surface area contributed by atoms with Gasteiger partial charge in [-0.15, -0.1) is 0 Å². The molecule has 0 atom stereocenters. The average molecular weight is 361 g/mol. The number of hydrogen-bond acceptors (Lipinski definition) is 0. The Bertz CT molecular complexity index is 253. The number of rotatable bonds is 0. The molecule has 12 heteroatoms. The molecular formula is C6BrF11.